The molecule has 0 bridgehead atoms. The van der Waals surface area contributed by atoms with Gasteiger partial charge in [0, 0.05) is 6.07 Å². The van der Waals surface area contributed by atoms with Gasteiger partial charge in [0.15, 0.2) is 0 Å². The molecule has 0 aliphatic rings. The molecule has 6 heteroatoms. The molecule has 0 unspecified atom stereocenters. The van der Waals surface area contributed by atoms with E-state index in [1.165, 1.54) is 18.2 Å². The maximum Gasteiger partial charge on any atom is 0.339 e. The molecule has 0 saturated heterocycles. The van der Waals surface area contributed by atoms with E-state index < -0.39 is 5.97 Å². The molecule has 2 aromatic carbocycles. The Balaban J connectivity index is 2.27. The van der Waals surface area contributed by atoms with E-state index in [9.17, 15) is 9.90 Å². The lowest BCUT2D eigenvalue weighted by atomic mass is 10.2. The largest absolute Gasteiger partial charge is 0.507 e. The first-order valence-corrected chi connectivity index (χ1v) is 5.68. The molecule has 2 rings (SSSR count). The number of aromatic carboxylic acids is 1. The first-order chi connectivity index (χ1) is 9.08. The Morgan fingerprint density at radius 1 is 1.11 bits per heavy atom. The topological polar surface area (TPSA) is 82.2 Å². The van der Waals surface area contributed by atoms with E-state index in [0.717, 1.165) is 0 Å². The van der Waals surface area contributed by atoms with Crippen LogP contribution in [0.1, 0.15) is 10.4 Å². The minimum Gasteiger partial charge on any atom is -0.507 e. The van der Waals surface area contributed by atoms with Crippen molar-refractivity contribution < 1.29 is 15.0 Å². The van der Waals surface area contributed by atoms with Gasteiger partial charge in [-0.25, -0.2) is 4.79 Å². The number of rotatable bonds is 3. The summed E-state index contributed by atoms with van der Waals surface area (Å²) in [5.41, 5.74) is 0.644. The summed E-state index contributed by atoms with van der Waals surface area (Å²) in [4.78, 5) is 10.7. The third kappa shape index (κ3) is 3.08. The average Bonchev–Trinajstić information content (AvgIpc) is 2.37. The number of aromatic hydroxyl groups is 1. The Hall–Kier alpha value is -2.40. The zero-order valence-corrected chi connectivity index (χ0v) is 10.4. The molecule has 5 nitrogen and oxygen atoms in total. The van der Waals surface area contributed by atoms with Crippen LogP contribution in [0.3, 0.4) is 0 Å². The Kier molecular flexibility index (Phi) is 3.77. The normalized spacial score (nSPS) is 10.8. The molecule has 0 fully saturated rings. The van der Waals surface area contributed by atoms with Gasteiger partial charge in [0.2, 0.25) is 0 Å². The van der Waals surface area contributed by atoms with Gasteiger partial charge in [-0.05, 0) is 24.3 Å². The van der Waals surface area contributed by atoms with Crippen LogP contribution >= 0.6 is 11.6 Å². The monoisotopic (exact) mass is 276 g/mol. The van der Waals surface area contributed by atoms with Gasteiger partial charge < -0.3 is 10.2 Å². The van der Waals surface area contributed by atoms with Crippen LogP contribution in [0, 0.1) is 0 Å². The third-order valence-electron chi connectivity index (χ3n) is 2.34. The molecular formula is C13H9ClN2O3. The fourth-order valence-electron chi connectivity index (χ4n) is 1.41. The second kappa shape index (κ2) is 5.49. The van der Waals surface area contributed by atoms with E-state index in [4.69, 9.17) is 16.7 Å². The zero-order valence-electron chi connectivity index (χ0n) is 9.62. The number of azo groups is 1. The second-order valence-corrected chi connectivity index (χ2v) is 4.07. The highest BCUT2D eigenvalue weighted by atomic mass is 35.5. The maximum absolute atomic E-state index is 10.7. The van der Waals surface area contributed by atoms with E-state index in [0.29, 0.717) is 16.4 Å². The fraction of sp³-hybridized carbons (Fsp3) is 0. The van der Waals surface area contributed by atoms with Crippen LogP contribution < -0.4 is 0 Å². The number of carbonyl (C=O) groups is 1. The van der Waals surface area contributed by atoms with Gasteiger partial charge in [0.25, 0.3) is 0 Å². The highest BCUT2D eigenvalue weighted by Crippen LogP contribution is 2.28. The number of benzene rings is 2. The number of nitrogens with zero attached hydrogens (tertiary/aromatic N) is 2. The molecule has 2 aromatic rings. The molecule has 0 radical (unpaired) electrons. The van der Waals surface area contributed by atoms with Gasteiger partial charge in [-0.3, -0.25) is 0 Å². The van der Waals surface area contributed by atoms with Crippen LogP contribution in [-0.2, 0) is 0 Å². The molecular weight excluding hydrogens is 268 g/mol. The van der Waals surface area contributed by atoms with Crippen molar-refractivity contribution in [3.8, 4) is 5.75 Å². The molecule has 0 aromatic heterocycles. The Bertz CT molecular complexity index is 656. The van der Waals surface area contributed by atoms with Crippen molar-refractivity contribution in [2.75, 3.05) is 0 Å². The molecule has 0 saturated carbocycles. The smallest absolute Gasteiger partial charge is 0.339 e. The van der Waals surface area contributed by atoms with Gasteiger partial charge in [0.05, 0.1) is 10.7 Å². The van der Waals surface area contributed by atoms with Crippen molar-refractivity contribution in [2.45, 2.75) is 0 Å². The summed E-state index contributed by atoms with van der Waals surface area (Å²) in [6.07, 6.45) is 0. The number of hydrogen-bond acceptors (Lipinski definition) is 4. The summed E-state index contributed by atoms with van der Waals surface area (Å²) in [6, 6.07) is 10.9. The molecule has 0 atom stereocenters. The van der Waals surface area contributed by atoms with Crippen molar-refractivity contribution in [3.63, 3.8) is 0 Å². The van der Waals surface area contributed by atoms with Gasteiger partial charge >= 0.3 is 5.97 Å². The van der Waals surface area contributed by atoms with Gasteiger partial charge in [-0.1, -0.05) is 23.7 Å². The van der Waals surface area contributed by atoms with E-state index in [-0.39, 0.29) is 11.3 Å². The Labute approximate surface area is 113 Å². The van der Waals surface area contributed by atoms with Crippen molar-refractivity contribution in [1.29, 1.82) is 0 Å². The average molecular weight is 277 g/mol. The van der Waals surface area contributed by atoms with Gasteiger partial charge in [-0.15, -0.1) is 5.11 Å². The van der Waals surface area contributed by atoms with Crippen LogP contribution in [0.25, 0.3) is 0 Å². The van der Waals surface area contributed by atoms with Gasteiger partial charge in [0.1, 0.15) is 17.0 Å². The molecule has 0 aliphatic carbocycles. The molecule has 0 heterocycles. The predicted molar refractivity (Wildman–Crippen MR) is 70.7 cm³/mol. The third-order valence-corrected chi connectivity index (χ3v) is 2.66. The summed E-state index contributed by atoms with van der Waals surface area (Å²) >= 11 is 5.91. The molecule has 2 N–H and O–H groups in total. The number of halogens is 1. The number of hydrogen-bond donors (Lipinski definition) is 2. The molecule has 19 heavy (non-hydrogen) atoms. The molecule has 96 valence electrons. The fourth-order valence-corrected chi connectivity index (χ4v) is 1.58. The number of carboxylic acids is 1. The van der Waals surface area contributed by atoms with Crippen molar-refractivity contribution >= 4 is 28.9 Å². The predicted octanol–water partition coefficient (Wildman–Crippen LogP) is 4.16. The Morgan fingerprint density at radius 3 is 2.47 bits per heavy atom. The van der Waals surface area contributed by atoms with Crippen molar-refractivity contribution in [3.05, 3.63) is 53.1 Å². The van der Waals surface area contributed by atoms with E-state index in [1.807, 2.05) is 0 Å². The summed E-state index contributed by atoms with van der Waals surface area (Å²) < 4.78 is 0. The number of carboxylic acid groups (broad SMARTS) is 1. The van der Waals surface area contributed by atoms with Crippen LogP contribution in [0.2, 0.25) is 5.02 Å². The quantitative estimate of drug-likeness (QED) is 0.826. The lowest BCUT2D eigenvalue weighted by molar-refractivity contribution is 0.0694. The lowest BCUT2D eigenvalue weighted by Gasteiger charge is -2.00. The SMILES string of the molecule is O=C(O)c1ccc(N=Nc2ccccc2Cl)cc1O. The second-order valence-electron chi connectivity index (χ2n) is 3.66. The summed E-state index contributed by atoms with van der Waals surface area (Å²) in [6.45, 7) is 0. The summed E-state index contributed by atoms with van der Waals surface area (Å²) in [5, 5.41) is 26.5. The summed E-state index contributed by atoms with van der Waals surface area (Å²) in [7, 11) is 0. The molecule has 0 spiro atoms. The Morgan fingerprint density at radius 2 is 1.84 bits per heavy atom. The van der Waals surface area contributed by atoms with Crippen LogP contribution in [0.5, 0.6) is 5.75 Å². The van der Waals surface area contributed by atoms with E-state index >= 15 is 0 Å². The first-order valence-electron chi connectivity index (χ1n) is 5.30. The molecule has 0 amide bonds. The highest BCUT2D eigenvalue weighted by Gasteiger charge is 2.09. The van der Waals surface area contributed by atoms with Gasteiger partial charge in [-0.2, -0.15) is 5.11 Å². The number of phenols is 1. The maximum atomic E-state index is 10.7. The highest BCUT2D eigenvalue weighted by molar-refractivity contribution is 6.32. The van der Waals surface area contributed by atoms with E-state index in [1.54, 1.807) is 24.3 Å². The van der Waals surface area contributed by atoms with E-state index in [2.05, 4.69) is 10.2 Å². The van der Waals surface area contributed by atoms with Crippen LogP contribution in [0.15, 0.2) is 52.7 Å². The minimum atomic E-state index is -1.20. The van der Waals surface area contributed by atoms with Crippen molar-refractivity contribution in [2.24, 2.45) is 10.2 Å². The standard InChI is InChI=1S/C13H9ClN2O3/c14-10-3-1-2-4-11(10)16-15-8-5-6-9(13(18)19)12(17)7-8/h1-7,17H,(H,18,19). The van der Waals surface area contributed by atoms with Crippen LogP contribution in [0.4, 0.5) is 11.4 Å². The van der Waals surface area contributed by atoms with Crippen molar-refractivity contribution in [1.82, 2.24) is 0 Å². The zero-order chi connectivity index (χ0) is 13.8. The van der Waals surface area contributed by atoms with Crippen LogP contribution in [-0.4, -0.2) is 16.2 Å². The first kappa shape index (κ1) is 13.0. The molecule has 0 aliphatic heterocycles. The lowest BCUT2D eigenvalue weighted by Crippen LogP contribution is -1.95. The minimum absolute atomic E-state index is 0.184. The summed E-state index contributed by atoms with van der Waals surface area (Å²) in [5.74, 6) is -1.56.